The molecule has 12 N–H and O–H groups in total. The van der Waals surface area contributed by atoms with Gasteiger partial charge in [0.15, 0.2) is 0 Å². The minimum atomic E-state index is -4.94. The topological polar surface area (TPSA) is 281 Å². The SMILES string of the molecule is O.O.O.O.O.O.[Fe+3].[O-][Cl+3]([O-])([O-])[O-]. The molecule has 0 amide bonds. The van der Waals surface area contributed by atoms with Gasteiger partial charge in [0, 0.05) is 0 Å². The molecule has 0 saturated carbocycles. The van der Waals surface area contributed by atoms with Gasteiger partial charge in [0.05, 0.1) is 0 Å². The third-order valence-corrected chi connectivity index (χ3v) is 0. The molecule has 0 bridgehead atoms. The molecule has 0 aromatic heterocycles. The molecule has 0 aromatic carbocycles. The summed E-state index contributed by atoms with van der Waals surface area (Å²) in [6.45, 7) is 0. The van der Waals surface area contributed by atoms with Crippen molar-refractivity contribution in [2.24, 2.45) is 0 Å². The predicted molar refractivity (Wildman–Crippen MR) is 21.7 cm³/mol. The van der Waals surface area contributed by atoms with E-state index in [1.807, 2.05) is 0 Å². The van der Waals surface area contributed by atoms with Gasteiger partial charge in [-0.25, -0.2) is 18.6 Å². The number of halogens is 1. The first-order valence-corrected chi connectivity index (χ1v) is 1.85. The molecule has 12 heteroatoms. The van der Waals surface area contributed by atoms with E-state index in [2.05, 4.69) is 0 Å². The van der Waals surface area contributed by atoms with Gasteiger partial charge in [0.25, 0.3) is 0 Å². The minimum absolute atomic E-state index is 0. The van der Waals surface area contributed by atoms with Crippen LogP contribution < -0.4 is 18.6 Å². The van der Waals surface area contributed by atoms with Crippen LogP contribution in [0.3, 0.4) is 0 Å². The van der Waals surface area contributed by atoms with Gasteiger partial charge in [-0.2, -0.15) is 0 Å². The van der Waals surface area contributed by atoms with Gasteiger partial charge >= 0.3 is 17.1 Å². The molecule has 0 atom stereocenters. The second-order valence-corrected chi connectivity index (χ2v) is 1.13. The zero-order valence-corrected chi connectivity index (χ0v) is 7.22. The fraction of sp³-hybridized carbons (Fsp3) is 0. The third-order valence-electron chi connectivity index (χ3n) is 0. The summed E-state index contributed by atoms with van der Waals surface area (Å²) >= 11 is 0. The standard InChI is InChI=1S/ClHO4.Fe.6H2O/c2-1(3,4)5;;;;;;;/h(H,2,3,4,5);;6*1H2/q;+3;;;;;;/p-1. The molecular weight excluding hydrogens is 251 g/mol. The van der Waals surface area contributed by atoms with E-state index in [0.717, 1.165) is 0 Å². The summed E-state index contributed by atoms with van der Waals surface area (Å²) in [5.41, 5.74) is 0. The van der Waals surface area contributed by atoms with Crippen molar-refractivity contribution in [3.63, 3.8) is 0 Å². The molecule has 0 fully saturated rings. The largest absolute Gasteiger partial charge is 3.00 e. The van der Waals surface area contributed by atoms with Crippen molar-refractivity contribution in [1.82, 2.24) is 0 Å². The predicted octanol–water partition coefficient (Wildman–Crippen LogP) is -9.71. The Morgan fingerprint density at radius 2 is 0.500 bits per heavy atom. The summed E-state index contributed by atoms with van der Waals surface area (Å²) < 4.78 is 34.0. The third kappa shape index (κ3) is 5500. The van der Waals surface area contributed by atoms with E-state index < -0.39 is 10.2 Å². The molecule has 0 aliphatic rings. The van der Waals surface area contributed by atoms with E-state index in [0.29, 0.717) is 0 Å². The summed E-state index contributed by atoms with van der Waals surface area (Å²) in [5, 5.41) is 0. The van der Waals surface area contributed by atoms with Crippen LogP contribution in [0.1, 0.15) is 0 Å². The zero-order chi connectivity index (χ0) is 4.50. The summed E-state index contributed by atoms with van der Waals surface area (Å²) in [6, 6.07) is 0. The number of rotatable bonds is 0. The van der Waals surface area contributed by atoms with Crippen LogP contribution in [0.2, 0.25) is 0 Å². The minimum Gasteiger partial charge on any atom is -0.412 e. The smallest absolute Gasteiger partial charge is 0.412 e. The summed E-state index contributed by atoms with van der Waals surface area (Å²) in [5.74, 6) is 0. The van der Waals surface area contributed by atoms with Crippen LogP contribution in [-0.2, 0) is 17.1 Å². The van der Waals surface area contributed by atoms with Gasteiger partial charge in [0.1, 0.15) is 0 Å². The van der Waals surface area contributed by atoms with Gasteiger partial charge in [-0.05, 0) is 0 Å². The molecular formula is H12ClFeO10+2. The molecule has 0 aliphatic heterocycles. The molecule has 0 saturated heterocycles. The molecule has 0 aromatic rings. The van der Waals surface area contributed by atoms with Gasteiger partial charge in [-0.1, -0.05) is 0 Å². The summed E-state index contributed by atoms with van der Waals surface area (Å²) in [7, 11) is -4.94. The van der Waals surface area contributed by atoms with Crippen LogP contribution >= 0.6 is 0 Å². The maximum atomic E-state index is 8.49. The Labute approximate surface area is 79.5 Å². The molecule has 0 unspecified atom stereocenters. The van der Waals surface area contributed by atoms with Crippen molar-refractivity contribution >= 4 is 0 Å². The average Bonchev–Trinajstić information content (AvgIpc) is 0.722. The fourth-order valence-electron chi connectivity index (χ4n) is 0. The molecule has 10 nitrogen and oxygen atoms in total. The Kier molecular flexibility index (Phi) is 208. The van der Waals surface area contributed by atoms with Crippen molar-refractivity contribution in [1.29, 1.82) is 0 Å². The van der Waals surface area contributed by atoms with Gasteiger partial charge in [0.2, 0.25) is 0 Å². The first-order chi connectivity index (χ1) is 2.00. The number of hydrogen-bond acceptors (Lipinski definition) is 4. The summed E-state index contributed by atoms with van der Waals surface area (Å²) in [6.07, 6.45) is 0. The van der Waals surface area contributed by atoms with E-state index in [1.165, 1.54) is 0 Å². The molecule has 0 spiro atoms. The summed E-state index contributed by atoms with van der Waals surface area (Å²) in [4.78, 5) is 0. The quantitative estimate of drug-likeness (QED) is 0.384. The average molecular weight is 263 g/mol. The van der Waals surface area contributed by atoms with Crippen LogP contribution in [0.25, 0.3) is 0 Å². The van der Waals surface area contributed by atoms with Crippen molar-refractivity contribution < 1.29 is 78.8 Å². The number of hydrogen-bond donors (Lipinski definition) is 0. The van der Waals surface area contributed by atoms with Crippen molar-refractivity contribution in [2.45, 2.75) is 0 Å². The first kappa shape index (κ1) is 83.1. The van der Waals surface area contributed by atoms with Gasteiger partial charge < -0.3 is 32.9 Å². The Morgan fingerprint density at radius 1 is 0.500 bits per heavy atom. The van der Waals surface area contributed by atoms with Crippen molar-refractivity contribution in [2.75, 3.05) is 0 Å². The second kappa shape index (κ2) is 30.1. The van der Waals surface area contributed by atoms with E-state index >= 15 is 0 Å². The van der Waals surface area contributed by atoms with Crippen molar-refractivity contribution in [3.8, 4) is 0 Å². The first-order valence-electron chi connectivity index (χ1n) is 0.617. The molecule has 12 heavy (non-hydrogen) atoms. The second-order valence-electron chi connectivity index (χ2n) is 0.378. The van der Waals surface area contributed by atoms with E-state index in [9.17, 15) is 0 Å². The van der Waals surface area contributed by atoms with E-state index in [1.54, 1.807) is 0 Å². The van der Waals surface area contributed by atoms with E-state index in [-0.39, 0.29) is 49.9 Å². The monoisotopic (exact) mass is 263 g/mol. The van der Waals surface area contributed by atoms with Crippen LogP contribution in [0.4, 0.5) is 0 Å². The molecule has 0 rings (SSSR count). The fourth-order valence-corrected chi connectivity index (χ4v) is 0. The molecule has 0 heterocycles. The normalized spacial score (nSPS) is 5.00. The van der Waals surface area contributed by atoms with Crippen molar-refractivity contribution in [3.05, 3.63) is 0 Å². The Balaban J connectivity index is -0.00000000381. The van der Waals surface area contributed by atoms with Crippen LogP contribution in [0.5, 0.6) is 0 Å². The van der Waals surface area contributed by atoms with E-state index in [4.69, 9.17) is 18.6 Å². The molecule has 85 valence electrons. The maximum Gasteiger partial charge on any atom is 3.00 e. The maximum absolute atomic E-state index is 8.49. The Hall–Kier alpha value is 0.409. The molecule has 1 radical (unpaired) electrons. The Bertz CT molecular complexity index is 25.3. The Morgan fingerprint density at radius 3 is 0.500 bits per heavy atom. The van der Waals surface area contributed by atoms with Crippen LogP contribution in [0, 0.1) is 10.2 Å². The molecule has 0 aliphatic carbocycles. The zero-order valence-electron chi connectivity index (χ0n) is 5.36. The van der Waals surface area contributed by atoms with Crippen LogP contribution in [0.15, 0.2) is 0 Å². The van der Waals surface area contributed by atoms with Gasteiger partial charge in [-0.15, -0.1) is 10.2 Å². The van der Waals surface area contributed by atoms with Gasteiger partial charge in [-0.3, -0.25) is 0 Å². The van der Waals surface area contributed by atoms with Crippen LogP contribution in [-0.4, -0.2) is 32.9 Å².